The Balaban J connectivity index is 1.35. The van der Waals surface area contributed by atoms with Gasteiger partial charge in [-0.2, -0.15) is 4.98 Å². The number of anilines is 5. The number of benzene rings is 1. The number of hydrogen-bond donors (Lipinski definition) is 4. The molecule has 1 fully saturated rings. The summed E-state index contributed by atoms with van der Waals surface area (Å²) in [4.78, 5) is 36.0. The average Bonchev–Trinajstić information content (AvgIpc) is 3.40. The minimum absolute atomic E-state index is 0.0114. The van der Waals surface area contributed by atoms with Crippen molar-refractivity contribution in [3.05, 3.63) is 62.6 Å². The van der Waals surface area contributed by atoms with E-state index in [0.29, 0.717) is 34.3 Å². The lowest BCUT2D eigenvalue weighted by molar-refractivity contribution is -0.115. The number of halogens is 1. The zero-order valence-corrected chi connectivity index (χ0v) is 18.3. The van der Waals surface area contributed by atoms with Crippen LogP contribution in [0.4, 0.5) is 28.8 Å². The molecule has 9 heteroatoms. The monoisotopic (exact) mass is 480 g/mol. The first-order valence-electron chi connectivity index (χ1n) is 10.3. The largest absolute Gasteiger partial charge is 0.335 e. The summed E-state index contributed by atoms with van der Waals surface area (Å²) in [6, 6.07) is 9.39. The van der Waals surface area contributed by atoms with Gasteiger partial charge in [-0.25, -0.2) is 4.98 Å². The van der Waals surface area contributed by atoms with E-state index in [1.165, 1.54) is 12.8 Å². The van der Waals surface area contributed by atoms with Crippen LogP contribution in [0.5, 0.6) is 0 Å². The topological polar surface area (TPSA) is 112 Å². The lowest BCUT2D eigenvalue weighted by atomic mass is 10.0. The minimum atomic E-state index is -0.166. The van der Waals surface area contributed by atoms with Crippen molar-refractivity contribution in [2.24, 2.45) is 0 Å². The predicted molar refractivity (Wildman–Crippen MR) is 123 cm³/mol. The van der Waals surface area contributed by atoms with Crippen molar-refractivity contribution in [3.8, 4) is 0 Å². The second-order valence-corrected chi connectivity index (χ2v) is 8.73. The molecular weight excluding hydrogens is 460 g/mol. The van der Waals surface area contributed by atoms with E-state index >= 15 is 0 Å². The molecule has 1 aliphatic heterocycles. The first-order chi connectivity index (χ1) is 15.0. The summed E-state index contributed by atoms with van der Waals surface area (Å²) < 4.78 is 0.640. The molecule has 0 bridgehead atoms. The molecule has 2 aliphatic rings. The van der Waals surface area contributed by atoms with Gasteiger partial charge in [-0.15, -0.1) is 0 Å². The Morgan fingerprint density at radius 2 is 1.90 bits per heavy atom. The number of carbonyl (C=O) groups excluding carboxylic acids is 1. The number of pyridine rings is 1. The lowest BCUT2D eigenvalue weighted by Crippen LogP contribution is -2.15. The molecule has 0 saturated heterocycles. The van der Waals surface area contributed by atoms with Crippen molar-refractivity contribution in [2.45, 2.75) is 38.0 Å². The molecule has 1 amide bonds. The molecule has 1 aromatic carbocycles. The Bertz CT molecular complexity index is 1220. The van der Waals surface area contributed by atoms with Crippen molar-refractivity contribution in [1.82, 2.24) is 15.0 Å². The van der Waals surface area contributed by atoms with E-state index < -0.39 is 0 Å². The van der Waals surface area contributed by atoms with Crippen LogP contribution in [0, 0.1) is 0 Å². The Labute approximate surface area is 187 Å². The number of aromatic amines is 1. The number of hydrogen-bond acceptors (Lipinski definition) is 6. The molecule has 1 saturated carbocycles. The maximum atomic E-state index is 12.6. The molecule has 158 valence electrons. The van der Waals surface area contributed by atoms with E-state index in [0.717, 1.165) is 35.5 Å². The molecular formula is C22H21BrN6O2. The lowest BCUT2D eigenvalue weighted by Gasteiger charge is -2.12. The summed E-state index contributed by atoms with van der Waals surface area (Å²) in [6.07, 6.45) is 6.67. The second-order valence-electron chi connectivity index (χ2n) is 7.87. The fourth-order valence-corrected chi connectivity index (χ4v) is 4.43. The third kappa shape index (κ3) is 4.18. The average molecular weight is 481 g/mol. The van der Waals surface area contributed by atoms with E-state index in [9.17, 15) is 9.59 Å². The van der Waals surface area contributed by atoms with Crippen molar-refractivity contribution in [1.29, 1.82) is 0 Å². The normalized spacial score (nSPS) is 15.6. The molecule has 5 rings (SSSR count). The van der Waals surface area contributed by atoms with E-state index in [1.54, 1.807) is 12.3 Å². The van der Waals surface area contributed by atoms with Gasteiger partial charge in [-0.1, -0.05) is 12.8 Å². The van der Waals surface area contributed by atoms with Crippen LogP contribution >= 0.6 is 15.9 Å². The highest BCUT2D eigenvalue weighted by molar-refractivity contribution is 9.10. The number of aromatic nitrogens is 3. The second kappa shape index (κ2) is 8.14. The van der Waals surface area contributed by atoms with Crippen molar-refractivity contribution < 1.29 is 4.79 Å². The first kappa shape index (κ1) is 19.7. The molecule has 3 aromatic rings. The van der Waals surface area contributed by atoms with Crippen LogP contribution in [0.2, 0.25) is 0 Å². The van der Waals surface area contributed by atoms with Gasteiger partial charge >= 0.3 is 0 Å². The molecule has 2 aromatic heterocycles. The van der Waals surface area contributed by atoms with Crippen LogP contribution in [-0.2, 0) is 11.2 Å². The summed E-state index contributed by atoms with van der Waals surface area (Å²) in [6.45, 7) is 0. The quantitative estimate of drug-likeness (QED) is 0.425. The maximum Gasteiger partial charge on any atom is 0.271 e. The van der Waals surface area contributed by atoms with Crippen molar-refractivity contribution in [3.63, 3.8) is 0 Å². The van der Waals surface area contributed by atoms with E-state index in [-0.39, 0.29) is 11.5 Å². The van der Waals surface area contributed by atoms with E-state index in [1.807, 2.05) is 24.3 Å². The SMILES string of the molecule is O=C1Cc2cc(Nc3ncc(Br)c(Nc4ccc(C5CCCC5)[nH]c4=O)n3)ccc2N1. The van der Waals surface area contributed by atoms with Gasteiger partial charge < -0.3 is 20.9 Å². The number of H-pyrrole nitrogens is 1. The van der Waals surface area contributed by atoms with Gasteiger partial charge in [0.15, 0.2) is 5.82 Å². The Kier molecular flexibility index (Phi) is 5.19. The van der Waals surface area contributed by atoms with E-state index in [2.05, 4.69) is 46.8 Å². The molecule has 0 spiro atoms. The Hall–Kier alpha value is -3.20. The highest BCUT2D eigenvalue weighted by Gasteiger charge is 2.19. The molecule has 31 heavy (non-hydrogen) atoms. The molecule has 8 nitrogen and oxygen atoms in total. The van der Waals surface area contributed by atoms with Crippen molar-refractivity contribution >= 4 is 50.7 Å². The Morgan fingerprint density at radius 1 is 1.06 bits per heavy atom. The summed E-state index contributed by atoms with van der Waals surface area (Å²) >= 11 is 3.44. The van der Waals surface area contributed by atoms with Crippen LogP contribution in [0.25, 0.3) is 0 Å². The third-order valence-corrected chi connectivity index (χ3v) is 6.29. The van der Waals surface area contributed by atoms with E-state index in [4.69, 9.17) is 0 Å². The summed E-state index contributed by atoms with van der Waals surface area (Å²) in [5.41, 5.74) is 3.80. The molecule has 4 N–H and O–H groups in total. The number of nitrogens with one attached hydrogen (secondary N) is 4. The summed E-state index contributed by atoms with van der Waals surface area (Å²) in [5.74, 6) is 1.29. The predicted octanol–water partition coefficient (Wildman–Crippen LogP) is 4.57. The molecule has 0 unspecified atom stereocenters. The number of carbonyl (C=O) groups is 1. The fourth-order valence-electron chi connectivity index (χ4n) is 4.14. The van der Waals surface area contributed by atoms with Gasteiger partial charge in [0.1, 0.15) is 5.69 Å². The molecule has 1 aliphatic carbocycles. The van der Waals surface area contributed by atoms with Gasteiger partial charge in [0, 0.05) is 23.3 Å². The fraction of sp³-hybridized carbons (Fsp3) is 0.273. The maximum absolute atomic E-state index is 12.6. The Morgan fingerprint density at radius 3 is 2.71 bits per heavy atom. The van der Waals surface area contributed by atoms with Gasteiger partial charge in [0.05, 0.1) is 10.9 Å². The highest BCUT2D eigenvalue weighted by atomic mass is 79.9. The molecule has 0 atom stereocenters. The highest BCUT2D eigenvalue weighted by Crippen LogP contribution is 2.33. The van der Waals surface area contributed by atoms with Gasteiger partial charge in [-0.3, -0.25) is 9.59 Å². The van der Waals surface area contributed by atoms with Gasteiger partial charge in [0.2, 0.25) is 11.9 Å². The summed E-state index contributed by atoms with van der Waals surface area (Å²) in [5, 5.41) is 9.06. The van der Waals surface area contributed by atoms with Crippen molar-refractivity contribution in [2.75, 3.05) is 16.0 Å². The number of nitrogens with zero attached hydrogens (tertiary/aromatic N) is 2. The van der Waals surface area contributed by atoms with Crippen LogP contribution < -0.4 is 21.5 Å². The van der Waals surface area contributed by atoms with Crippen LogP contribution in [0.3, 0.4) is 0 Å². The smallest absolute Gasteiger partial charge is 0.271 e. The standard InChI is InChI=1S/C22H21BrN6O2/c23-15-11-24-22(25-14-5-6-17-13(9-14)10-19(30)26-17)29-20(15)27-18-8-7-16(28-21(18)31)12-3-1-2-4-12/h5-9,11-12H,1-4,10H2,(H,26,30)(H,28,31)(H2,24,25,27,29). The number of fused-ring (bicyclic) bond motifs is 1. The molecule has 0 radical (unpaired) electrons. The van der Waals surface area contributed by atoms with Crippen LogP contribution in [-0.4, -0.2) is 20.9 Å². The number of rotatable bonds is 5. The number of amides is 1. The minimum Gasteiger partial charge on any atom is -0.335 e. The van der Waals surface area contributed by atoms with Crippen LogP contribution in [0.1, 0.15) is 42.9 Å². The summed E-state index contributed by atoms with van der Waals surface area (Å²) in [7, 11) is 0. The van der Waals surface area contributed by atoms with Crippen LogP contribution in [0.15, 0.2) is 45.8 Å². The van der Waals surface area contributed by atoms with Gasteiger partial charge in [0.25, 0.3) is 5.56 Å². The third-order valence-electron chi connectivity index (χ3n) is 5.71. The van der Waals surface area contributed by atoms with Gasteiger partial charge in [-0.05, 0) is 70.6 Å². The zero-order valence-electron chi connectivity index (χ0n) is 16.7. The zero-order chi connectivity index (χ0) is 21.4. The first-order valence-corrected chi connectivity index (χ1v) is 11.1. The molecule has 3 heterocycles.